The van der Waals surface area contributed by atoms with Crippen LogP contribution in [0, 0.1) is 0 Å². The highest BCUT2D eigenvalue weighted by Gasteiger charge is 2.23. The van der Waals surface area contributed by atoms with Crippen LogP contribution >= 0.6 is 0 Å². The number of aromatic hydroxyl groups is 3. The zero-order valence-electron chi connectivity index (χ0n) is 17.1. The van der Waals surface area contributed by atoms with Crippen LogP contribution in [0.25, 0.3) is 39.3 Å². The van der Waals surface area contributed by atoms with Gasteiger partial charge < -0.3 is 15.3 Å². The molecule has 0 bridgehead atoms. The van der Waals surface area contributed by atoms with Gasteiger partial charge in [-0.15, -0.1) is 0 Å². The Morgan fingerprint density at radius 1 is 0.531 bits per heavy atom. The molecule has 0 radical (unpaired) electrons. The Kier molecular flexibility index (Phi) is 4.84. The van der Waals surface area contributed by atoms with Crippen molar-refractivity contribution in [3.05, 3.63) is 103 Å². The van der Waals surface area contributed by atoms with E-state index < -0.39 is 0 Å². The van der Waals surface area contributed by atoms with Gasteiger partial charge in [0.25, 0.3) is 0 Å². The summed E-state index contributed by atoms with van der Waals surface area (Å²) in [5.74, 6) is 0.509. The van der Waals surface area contributed by atoms with Crippen molar-refractivity contribution in [2.75, 3.05) is 0 Å². The summed E-state index contributed by atoms with van der Waals surface area (Å²) in [6.07, 6.45) is 0. The molecule has 0 aliphatic rings. The Bertz CT molecular complexity index is 1370. The lowest BCUT2D eigenvalue weighted by Gasteiger charge is -2.11. The summed E-state index contributed by atoms with van der Waals surface area (Å²) in [6.45, 7) is 0. The van der Waals surface area contributed by atoms with Gasteiger partial charge in [-0.1, -0.05) is 30.3 Å². The van der Waals surface area contributed by atoms with Crippen molar-refractivity contribution in [3.63, 3.8) is 0 Å². The zero-order valence-corrected chi connectivity index (χ0v) is 17.1. The van der Waals surface area contributed by atoms with Crippen LogP contribution in [0.5, 0.6) is 17.2 Å². The van der Waals surface area contributed by atoms with Crippen LogP contribution in [0.3, 0.4) is 0 Å². The summed E-state index contributed by atoms with van der Waals surface area (Å²) in [4.78, 5) is 0. The molecule has 0 atom stereocenters. The highest BCUT2D eigenvalue weighted by atomic mass is 16.3. The van der Waals surface area contributed by atoms with Gasteiger partial charge in [0.1, 0.15) is 22.9 Å². The number of rotatable bonds is 4. The summed E-state index contributed by atoms with van der Waals surface area (Å²) in [5, 5.41) is 34.8. The van der Waals surface area contributed by atoms with E-state index in [0.29, 0.717) is 5.69 Å². The van der Waals surface area contributed by atoms with Crippen molar-refractivity contribution in [1.29, 1.82) is 0 Å². The number of para-hydroxylation sites is 1. The molecule has 0 fully saturated rings. The molecule has 1 heterocycles. The van der Waals surface area contributed by atoms with Gasteiger partial charge >= 0.3 is 0 Å². The molecule has 0 amide bonds. The number of nitrogens with zero attached hydrogens (tertiary/aromatic N) is 2. The molecule has 5 rings (SSSR count). The van der Waals surface area contributed by atoms with Gasteiger partial charge in [-0.05, 0) is 78.4 Å². The molecule has 0 unspecified atom stereocenters. The van der Waals surface area contributed by atoms with Gasteiger partial charge in [0.2, 0.25) is 0 Å². The van der Waals surface area contributed by atoms with Crippen molar-refractivity contribution in [2.24, 2.45) is 0 Å². The number of phenols is 3. The third-order valence-electron chi connectivity index (χ3n) is 5.30. The van der Waals surface area contributed by atoms with Crippen LogP contribution in [-0.4, -0.2) is 25.1 Å². The van der Waals surface area contributed by atoms with E-state index >= 15 is 0 Å². The molecule has 0 saturated carbocycles. The largest absolute Gasteiger partial charge is 0.508 e. The summed E-state index contributed by atoms with van der Waals surface area (Å²) in [5.41, 5.74) is 5.74. The van der Waals surface area contributed by atoms with Crippen LogP contribution in [0.2, 0.25) is 0 Å². The molecule has 5 aromatic rings. The Balaban J connectivity index is 1.88. The van der Waals surface area contributed by atoms with Crippen molar-refractivity contribution < 1.29 is 15.3 Å². The highest BCUT2D eigenvalue weighted by molar-refractivity contribution is 5.93. The van der Waals surface area contributed by atoms with Crippen LogP contribution in [0.4, 0.5) is 0 Å². The maximum Gasteiger partial charge on any atom is 0.116 e. The van der Waals surface area contributed by atoms with Gasteiger partial charge in [0, 0.05) is 16.7 Å². The Labute approximate surface area is 185 Å². The number of phenolic OH excluding ortho intramolecular Hbond substituents is 3. The second kappa shape index (κ2) is 7.96. The molecule has 32 heavy (non-hydrogen) atoms. The average Bonchev–Trinajstić information content (AvgIpc) is 3.21. The van der Waals surface area contributed by atoms with Crippen LogP contribution in [0.1, 0.15) is 0 Å². The van der Waals surface area contributed by atoms with Crippen molar-refractivity contribution in [3.8, 4) is 56.6 Å². The summed E-state index contributed by atoms with van der Waals surface area (Å²) in [6, 6.07) is 30.7. The molecule has 5 nitrogen and oxygen atoms in total. The second-order valence-corrected chi connectivity index (χ2v) is 7.46. The lowest BCUT2D eigenvalue weighted by molar-refractivity contribution is 0.475. The summed E-state index contributed by atoms with van der Waals surface area (Å²) in [7, 11) is 0. The van der Waals surface area contributed by atoms with E-state index in [1.54, 1.807) is 42.5 Å². The molecule has 0 aliphatic heterocycles. The lowest BCUT2D eigenvalue weighted by Crippen LogP contribution is -1.99. The van der Waals surface area contributed by atoms with Gasteiger partial charge in [0.05, 0.1) is 11.4 Å². The van der Waals surface area contributed by atoms with Crippen LogP contribution < -0.4 is 0 Å². The monoisotopic (exact) mass is 420 g/mol. The van der Waals surface area contributed by atoms with Gasteiger partial charge in [-0.25, -0.2) is 4.68 Å². The molecule has 0 saturated heterocycles. The molecule has 4 aromatic carbocycles. The van der Waals surface area contributed by atoms with E-state index in [1.165, 1.54) is 0 Å². The Hall–Kier alpha value is -4.51. The van der Waals surface area contributed by atoms with E-state index in [0.717, 1.165) is 33.6 Å². The predicted octanol–water partition coefficient (Wildman–Crippen LogP) is 5.99. The minimum Gasteiger partial charge on any atom is -0.508 e. The third kappa shape index (κ3) is 3.56. The number of hydrogen-bond donors (Lipinski definition) is 3. The fourth-order valence-corrected chi connectivity index (χ4v) is 3.82. The highest BCUT2D eigenvalue weighted by Crippen LogP contribution is 2.42. The first-order valence-corrected chi connectivity index (χ1v) is 10.2. The quantitative estimate of drug-likeness (QED) is 0.334. The van der Waals surface area contributed by atoms with Crippen molar-refractivity contribution in [1.82, 2.24) is 9.78 Å². The molecule has 5 heteroatoms. The van der Waals surface area contributed by atoms with E-state index in [1.807, 2.05) is 65.3 Å². The maximum absolute atomic E-state index is 10.2. The first-order valence-electron chi connectivity index (χ1n) is 10.2. The van der Waals surface area contributed by atoms with E-state index in [2.05, 4.69) is 0 Å². The Morgan fingerprint density at radius 2 is 1.16 bits per heavy atom. The lowest BCUT2D eigenvalue weighted by atomic mass is 9.95. The van der Waals surface area contributed by atoms with Gasteiger partial charge in [-0.2, -0.15) is 5.10 Å². The number of aromatic nitrogens is 2. The minimum absolute atomic E-state index is 0.156. The Morgan fingerprint density at radius 3 is 1.78 bits per heavy atom. The number of benzene rings is 4. The topological polar surface area (TPSA) is 78.5 Å². The fraction of sp³-hybridized carbons (Fsp3) is 0. The second-order valence-electron chi connectivity index (χ2n) is 7.46. The van der Waals surface area contributed by atoms with Gasteiger partial charge in [-0.3, -0.25) is 0 Å². The van der Waals surface area contributed by atoms with E-state index in [9.17, 15) is 15.3 Å². The first-order chi connectivity index (χ1) is 15.6. The van der Waals surface area contributed by atoms with Crippen molar-refractivity contribution in [2.45, 2.75) is 0 Å². The minimum atomic E-state index is 0.156. The molecule has 0 aliphatic carbocycles. The summed E-state index contributed by atoms with van der Waals surface area (Å²) < 4.78 is 1.87. The summed E-state index contributed by atoms with van der Waals surface area (Å²) >= 11 is 0. The van der Waals surface area contributed by atoms with E-state index in [-0.39, 0.29) is 17.2 Å². The molecular formula is C27H20N2O3. The van der Waals surface area contributed by atoms with E-state index in [4.69, 9.17) is 5.10 Å². The predicted molar refractivity (Wildman–Crippen MR) is 125 cm³/mol. The smallest absolute Gasteiger partial charge is 0.116 e. The normalized spacial score (nSPS) is 10.9. The fourth-order valence-electron chi connectivity index (χ4n) is 3.82. The molecular weight excluding hydrogens is 400 g/mol. The van der Waals surface area contributed by atoms with Crippen molar-refractivity contribution >= 4 is 0 Å². The standard InChI is InChI=1S/C27H20N2O3/c30-22-13-9-18(10-14-22)26-25(20-5-4-8-24(32)17-20)27(19-11-15-23(31)16-12-19)29(28-26)21-6-2-1-3-7-21/h1-17,30-32H. The van der Waals surface area contributed by atoms with Gasteiger partial charge in [0.15, 0.2) is 0 Å². The molecule has 156 valence electrons. The average molecular weight is 420 g/mol. The SMILES string of the molecule is Oc1ccc(-c2nn(-c3ccccc3)c(-c3ccc(O)cc3)c2-c2cccc(O)c2)cc1. The molecule has 1 aromatic heterocycles. The first kappa shape index (κ1) is 19.5. The number of hydrogen-bond acceptors (Lipinski definition) is 4. The zero-order chi connectivity index (χ0) is 22.1. The van der Waals surface area contributed by atoms with Crippen LogP contribution in [-0.2, 0) is 0 Å². The third-order valence-corrected chi connectivity index (χ3v) is 5.30. The molecule has 0 spiro atoms. The van der Waals surface area contributed by atoms with Crippen LogP contribution in [0.15, 0.2) is 103 Å². The molecule has 3 N–H and O–H groups in total. The maximum atomic E-state index is 10.2.